The molecule has 1 aliphatic heterocycles. The molecule has 0 aliphatic carbocycles. The quantitative estimate of drug-likeness (QED) is 0.0433. The molecule has 29 heteroatoms. The molecule has 3 heterocycles. The number of imidazole rings is 1. The molecule has 24 nitrogen and oxygen atoms in total. The van der Waals surface area contributed by atoms with Crippen LogP contribution in [0.25, 0.3) is 11.2 Å². The summed E-state index contributed by atoms with van der Waals surface area (Å²) >= 11 is 1.03. The van der Waals surface area contributed by atoms with E-state index in [9.17, 15) is 57.9 Å². The zero-order valence-corrected chi connectivity index (χ0v) is 31.6. The van der Waals surface area contributed by atoms with E-state index in [2.05, 4.69) is 34.4 Å². The van der Waals surface area contributed by atoms with E-state index in [1.165, 1.54) is 20.8 Å². The third-order valence-corrected chi connectivity index (χ3v) is 10.7. The number of phosphoric ester groups is 3. The fourth-order valence-corrected chi connectivity index (χ4v) is 7.65. The maximum absolute atomic E-state index is 12.6. The van der Waals surface area contributed by atoms with E-state index in [0.29, 0.717) is 5.75 Å². The van der Waals surface area contributed by atoms with E-state index in [-0.39, 0.29) is 60.5 Å². The molecular formula is C23H38LiN7O17P3S. The van der Waals surface area contributed by atoms with Crippen LogP contribution in [0, 0.1) is 5.41 Å². The summed E-state index contributed by atoms with van der Waals surface area (Å²) < 4.78 is 61.8. The second kappa shape index (κ2) is 19.1. The van der Waals surface area contributed by atoms with Gasteiger partial charge >= 0.3 is 23.5 Å². The summed E-state index contributed by atoms with van der Waals surface area (Å²) in [6, 6.07) is 0. The van der Waals surface area contributed by atoms with Crippen molar-refractivity contribution in [1.82, 2.24) is 30.2 Å². The van der Waals surface area contributed by atoms with Gasteiger partial charge in [0.2, 0.25) is 11.8 Å². The van der Waals surface area contributed by atoms with Crippen LogP contribution in [-0.4, -0.2) is 142 Å². The Morgan fingerprint density at radius 2 is 1.73 bits per heavy atom. The van der Waals surface area contributed by atoms with E-state index < -0.39 is 84.6 Å². The Balaban J connectivity index is 0.00000936. The van der Waals surface area contributed by atoms with Gasteiger partial charge in [0.05, 0.1) is 19.5 Å². The van der Waals surface area contributed by atoms with Crippen molar-refractivity contribution in [1.29, 1.82) is 0 Å². The molecule has 3 rings (SSSR count). The van der Waals surface area contributed by atoms with Crippen molar-refractivity contribution in [3.8, 4) is 0 Å². The molecule has 0 bridgehead atoms. The number of anilines is 1. The molecule has 0 spiro atoms. The summed E-state index contributed by atoms with van der Waals surface area (Å²) in [6.45, 7) is 1.90. The molecule has 52 heavy (non-hydrogen) atoms. The van der Waals surface area contributed by atoms with Crippen LogP contribution in [0.5, 0.6) is 0 Å². The molecule has 1 aliphatic rings. The van der Waals surface area contributed by atoms with Gasteiger partial charge in [-0.25, -0.2) is 28.6 Å². The summed E-state index contributed by atoms with van der Waals surface area (Å²) in [7, 11) is -16.4. The molecule has 2 aromatic heterocycles. The van der Waals surface area contributed by atoms with Crippen LogP contribution in [0.1, 0.15) is 33.4 Å². The summed E-state index contributed by atoms with van der Waals surface area (Å²) in [5.74, 6) is -1.08. The number of aromatic nitrogens is 4. The number of hydrogen-bond donors (Lipinski definition) is 9. The fourth-order valence-electron chi connectivity index (χ4n) is 4.32. The number of nitrogens with one attached hydrogen (secondary N) is 2. The predicted octanol–water partition coefficient (Wildman–Crippen LogP) is -1.70. The smallest absolute Gasteiger partial charge is 0.386 e. The van der Waals surface area contributed by atoms with Crippen LogP contribution >= 0.6 is 35.2 Å². The molecule has 7 unspecified atom stereocenters. The van der Waals surface area contributed by atoms with Gasteiger partial charge in [0.25, 0.3) is 0 Å². The van der Waals surface area contributed by atoms with Gasteiger partial charge in [-0.15, -0.1) is 0 Å². The third-order valence-electron chi connectivity index (χ3n) is 6.81. The van der Waals surface area contributed by atoms with Crippen molar-refractivity contribution in [3.05, 3.63) is 12.7 Å². The number of hydrogen-bond acceptors (Lipinski definition) is 18. The molecule has 1 radical (unpaired) electrons. The Labute approximate surface area is 311 Å². The van der Waals surface area contributed by atoms with Crippen molar-refractivity contribution in [3.63, 3.8) is 0 Å². The van der Waals surface area contributed by atoms with Gasteiger partial charge in [0, 0.05) is 56.5 Å². The largest absolute Gasteiger partial charge is 0.481 e. The summed E-state index contributed by atoms with van der Waals surface area (Å²) in [5.41, 5.74) is 4.26. The first-order valence-corrected chi connectivity index (χ1v) is 20.0. The zero-order valence-electron chi connectivity index (χ0n) is 28.1. The number of nitrogens with two attached hydrogens (primary N) is 1. The van der Waals surface area contributed by atoms with Crippen LogP contribution in [0.15, 0.2) is 12.7 Å². The number of rotatable bonds is 19. The number of amides is 2. The Kier molecular flexibility index (Phi) is 17.1. The van der Waals surface area contributed by atoms with Gasteiger partial charge < -0.3 is 50.9 Å². The van der Waals surface area contributed by atoms with Gasteiger partial charge in [-0.1, -0.05) is 25.6 Å². The minimum atomic E-state index is -5.56. The van der Waals surface area contributed by atoms with Crippen LogP contribution in [0.4, 0.5) is 5.82 Å². The molecule has 1 saturated heterocycles. The SMILES string of the molecule is CC(=O)SCCNC(=O)CCNC(=O)C(O)C(C)(C)COP(=O)(O)OP(=O)(O)OCC1OC(n2cnc3c(N)ncnc32)C(O)C1OP(=O)(O)O.[Li]. The minimum Gasteiger partial charge on any atom is -0.386 e. The molecule has 289 valence electrons. The molecular weight excluding hydrogens is 778 g/mol. The number of nitrogens with zero attached hydrogens (tertiary/aromatic N) is 4. The number of fused-ring (bicyclic) bond motifs is 1. The number of ether oxygens (including phenoxy) is 1. The number of phosphoric acid groups is 3. The number of carbonyl (C=O) groups is 3. The topological polar surface area (TPSA) is 364 Å². The van der Waals surface area contributed by atoms with E-state index in [0.717, 1.165) is 29.0 Å². The van der Waals surface area contributed by atoms with Gasteiger partial charge in [0.1, 0.15) is 36.3 Å². The van der Waals surface area contributed by atoms with Crippen LogP contribution in [0.2, 0.25) is 0 Å². The van der Waals surface area contributed by atoms with Crippen molar-refractivity contribution in [2.45, 2.75) is 57.8 Å². The number of thioether (sulfide) groups is 1. The van der Waals surface area contributed by atoms with Gasteiger partial charge in [-0.2, -0.15) is 4.31 Å². The van der Waals surface area contributed by atoms with E-state index in [4.69, 9.17) is 19.5 Å². The number of aliphatic hydroxyl groups is 2. The van der Waals surface area contributed by atoms with E-state index >= 15 is 0 Å². The predicted molar refractivity (Wildman–Crippen MR) is 179 cm³/mol. The first-order chi connectivity index (χ1) is 23.5. The molecule has 2 amide bonds. The Morgan fingerprint density at radius 3 is 2.37 bits per heavy atom. The normalized spacial score (nSPS) is 22.2. The molecule has 10 N–H and O–H groups in total. The number of nitrogen functional groups attached to an aromatic ring is 1. The molecule has 1 fully saturated rings. The number of aliphatic hydroxyl groups excluding tert-OH is 2. The fraction of sp³-hybridized carbons (Fsp3) is 0.652. The summed E-state index contributed by atoms with van der Waals surface area (Å²) in [5, 5.41) is 26.1. The Hall–Kier alpha value is -1.84. The molecule has 2 aromatic rings. The van der Waals surface area contributed by atoms with Gasteiger partial charge in [-0.05, 0) is 0 Å². The maximum Gasteiger partial charge on any atom is 0.481 e. The number of carbonyl (C=O) groups excluding carboxylic acids is 3. The standard InChI is InChI=1S/C23H38N7O17P3S.Li/c1-12(31)51-7-6-25-14(32)4-5-26-21(35)18(34)23(2,3)9-44-50(41,42)47-49(39,40)43-8-13-17(46-48(36,37)38)16(33)22(45-13)30-11-29-15-19(24)27-10-28-20(15)30;/h10-11,13,16-18,22,33-34H,4-9H2,1-3H3,(H,25,32)(H,26,35)(H,39,40)(H,41,42)(H2,24,27,28)(H2,36,37,38);. The second-order valence-electron chi connectivity index (χ2n) is 11.4. The van der Waals surface area contributed by atoms with Gasteiger partial charge in [-0.3, -0.25) is 32.5 Å². The van der Waals surface area contributed by atoms with Crippen molar-refractivity contribution in [2.75, 3.05) is 37.8 Å². The van der Waals surface area contributed by atoms with Crippen LogP contribution < -0.4 is 16.4 Å². The van der Waals surface area contributed by atoms with Crippen molar-refractivity contribution >= 4 is 88.0 Å². The van der Waals surface area contributed by atoms with Crippen LogP contribution in [0.3, 0.4) is 0 Å². The van der Waals surface area contributed by atoms with Crippen LogP contribution in [-0.2, 0) is 50.7 Å². The Morgan fingerprint density at radius 1 is 1.08 bits per heavy atom. The zero-order chi connectivity index (χ0) is 38.4. The maximum atomic E-state index is 12.6. The average molecular weight is 817 g/mol. The first kappa shape index (κ1) is 46.3. The van der Waals surface area contributed by atoms with Gasteiger partial charge in [0.15, 0.2) is 22.8 Å². The van der Waals surface area contributed by atoms with E-state index in [1.54, 1.807) is 0 Å². The van der Waals surface area contributed by atoms with Crippen molar-refractivity contribution < 1.29 is 80.5 Å². The monoisotopic (exact) mass is 816 g/mol. The third kappa shape index (κ3) is 13.8. The van der Waals surface area contributed by atoms with Crippen molar-refractivity contribution in [2.24, 2.45) is 5.41 Å². The summed E-state index contributed by atoms with van der Waals surface area (Å²) in [4.78, 5) is 85.9. The second-order valence-corrected chi connectivity index (χ2v) is 16.9. The average Bonchev–Trinajstić information content (AvgIpc) is 3.57. The molecule has 0 saturated carbocycles. The minimum absolute atomic E-state index is 0. The molecule has 0 aromatic carbocycles. The molecule has 7 atom stereocenters. The summed E-state index contributed by atoms with van der Waals surface area (Å²) in [6.07, 6.45) is -6.88. The van der Waals surface area contributed by atoms with E-state index in [1.807, 2.05) is 0 Å². The Bertz CT molecular complexity index is 1720. The first-order valence-electron chi connectivity index (χ1n) is 14.5.